The molecule has 1 amide bonds. The maximum Gasteiger partial charge on any atom is 0.240 e. The maximum absolute atomic E-state index is 11.9. The van der Waals surface area contributed by atoms with Crippen LogP contribution in [0.1, 0.15) is 31.7 Å². The Morgan fingerprint density at radius 2 is 2.06 bits per heavy atom. The molecule has 1 aliphatic carbocycles. The number of amides is 1. The van der Waals surface area contributed by atoms with Crippen molar-refractivity contribution >= 4 is 5.91 Å². The SMILES string of the molecule is CCC(Cc1ccccc1)NC(=O)C1(N)CC1. The lowest BCUT2D eigenvalue weighted by Crippen LogP contribution is -2.47. The molecule has 3 N–H and O–H groups in total. The van der Waals surface area contributed by atoms with Crippen LogP contribution in [0.15, 0.2) is 30.3 Å². The topological polar surface area (TPSA) is 55.1 Å². The Morgan fingerprint density at radius 3 is 2.59 bits per heavy atom. The van der Waals surface area contributed by atoms with E-state index in [0.29, 0.717) is 0 Å². The zero-order chi connectivity index (χ0) is 12.3. The van der Waals surface area contributed by atoms with Crippen molar-refractivity contribution in [2.24, 2.45) is 5.73 Å². The fourth-order valence-electron chi connectivity index (χ4n) is 1.89. The molecular formula is C14H20N2O. The second-order valence-corrected chi connectivity index (χ2v) is 4.92. The van der Waals surface area contributed by atoms with Crippen LogP contribution in [0.2, 0.25) is 0 Å². The van der Waals surface area contributed by atoms with E-state index in [9.17, 15) is 4.79 Å². The molecule has 92 valence electrons. The minimum absolute atomic E-state index is 0.0141. The molecule has 2 rings (SSSR count). The first kappa shape index (κ1) is 12.1. The molecule has 0 bridgehead atoms. The van der Waals surface area contributed by atoms with Crippen LogP contribution >= 0.6 is 0 Å². The summed E-state index contributed by atoms with van der Waals surface area (Å²) in [5, 5.41) is 3.05. The summed E-state index contributed by atoms with van der Waals surface area (Å²) in [6.45, 7) is 2.09. The van der Waals surface area contributed by atoms with Crippen LogP contribution in [0.5, 0.6) is 0 Å². The van der Waals surface area contributed by atoms with E-state index in [2.05, 4.69) is 24.4 Å². The molecule has 1 aromatic rings. The molecule has 0 aromatic heterocycles. The summed E-state index contributed by atoms with van der Waals surface area (Å²) in [5.74, 6) is 0.0141. The molecule has 1 aliphatic rings. The molecule has 1 aromatic carbocycles. The molecular weight excluding hydrogens is 212 g/mol. The average Bonchev–Trinajstić information content (AvgIpc) is 3.09. The van der Waals surface area contributed by atoms with Crippen LogP contribution in [0.4, 0.5) is 0 Å². The van der Waals surface area contributed by atoms with Gasteiger partial charge in [0.1, 0.15) is 0 Å². The van der Waals surface area contributed by atoms with Gasteiger partial charge in [-0.1, -0.05) is 37.3 Å². The van der Waals surface area contributed by atoms with Crippen LogP contribution in [-0.4, -0.2) is 17.5 Å². The molecule has 1 saturated carbocycles. The minimum Gasteiger partial charge on any atom is -0.351 e. The fourth-order valence-corrected chi connectivity index (χ4v) is 1.89. The predicted molar refractivity (Wildman–Crippen MR) is 68.5 cm³/mol. The van der Waals surface area contributed by atoms with E-state index in [0.717, 1.165) is 25.7 Å². The quantitative estimate of drug-likeness (QED) is 0.810. The first-order chi connectivity index (χ1) is 8.14. The van der Waals surface area contributed by atoms with E-state index < -0.39 is 5.54 Å². The molecule has 0 heterocycles. The van der Waals surface area contributed by atoms with Crippen molar-refractivity contribution in [2.45, 2.75) is 44.2 Å². The number of nitrogens with one attached hydrogen (secondary N) is 1. The third-order valence-corrected chi connectivity index (χ3v) is 3.39. The predicted octanol–water partition coefficient (Wildman–Crippen LogP) is 1.62. The molecule has 1 fully saturated rings. The van der Waals surface area contributed by atoms with Crippen molar-refractivity contribution in [3.05, 3.63) is 35.9 Å². The number of carbonyl (C=O) groups is 1. The third kappa shape index (κ3) is 3.07. The molecule has 0 saturated heterocycles. The van der Waals surface area contributed by atoms with E-state index in [-0.39, 0.29) is 11.9 Å². The van der Waals surface area contributed by atoms with Gasteiger partial charge >= 0.3 is 0 Å². The van der Waals surface area contributed by atoms with Gasteiger partial charge in [-0.05, 0) is 31.2 Å². The van der Waals surface area contributed by atoms with Crippen LogP contribution in [-0.2, 0) is 11.2 Å². The van der Waals surface area contributed by atoms with Gasteiger partial charge in [0.05, 0.1) is 5.54 Å². The Morgan fingerprint density at radius 1 is 1.41 bits per heavy atom. The highest BCUT2D eigenvalue weighted by Crippen LogP contribution is 2.32. The summed E-state index contributed by atoms with van der Waals surface area (Å²) >= 11 is 0. The largest absolute Gasteiger partial charge is 0.351 e. The summed E-state index contributed by atoms with van der Waals surface area (Å²) in [4.78, 5) is 11.9. The zero-order valence-electron chi connectivity index (χ0n) is 10.3. The van der Waals surface area contributed by atoms with Crippen molar-refractivity contribution in [3.63, 3.8) is 0 Å². The summed E-state index contributed by atoms with van der Waals surface area (Å²) in [5.41, 5.74) is 6.56. The van der Waals surface area contributed by atoms with Gasteiger partial charge in [0.25, 0.3) is 0 Å². The number of nitrogens with two attached hydrogens (primary N) is 1. The fraction of sp³-hybridized carbons (Fsp3) is 0.500. The van der Waals surface area contributed by atoms with E-state index in [1.54, 1.807) is 0 Å². The lowest BCUT2D eigenvalue weighted by Gasteiger charge is -2.19. The number of rotatable bonds is 5. The lowest BCUT2D eigenvalue weighted by atomic mass is 10.0. The molecule has 0 aliphatic heterocycles. The summed E-state index contributed by atoms with van der Waals surface area (Å²) in [6.07, 6.45) is 3.44. The van der Waals surface area contributed by atoms with Crippen LogP contribution in [0.3, 0.4) is 0 Å². The second kappa shape index (κ2) is 4.88. The standard InChI is InChI=1S/C14H20N2O/c1-2-12(10-11-6-4-3-5-7-11)16-13(17)14(15)8-9-14/h3-7,12H,2,8-10,15H2,1H3,(H,16,17). The summed E-state index contributed by atoms with van der Waals surface area (Å²) in [6, 6.07) is 10.4. The van der Waals surface area contributed by atoms with Crippen molar-refractivity contribution in [1.82, 2.24) is 5.32 Å². The first-order valence-corrected chi connectivity index (χ1v) is 6.28. The highest BCUT2D eigenvalue weighted by molar-refractivity contribution is 5.89. The number of carbonyl (C=O) groups excluding carboxylic acids is 1. The first-order valence-electron chi connectivity index (χ1n) is 6.28. The second-order valence-electron chi connectivity index (χ2n) is 4.92. The smallest absolute Gasteiger partial charge is 0.240 e. The Hall–Kier alpha value is -1.35. The van der Waals surface area contributed by atoms with E-state index in [4.69, 9.17) is 5.73 Å². The van der Waals surface area contributed by atoms with E-state index in [1.807, 2.05) is 18.2 Å². The van der Waals surface area contributed by atoms with Gasteiger partial charge in [-0.3, -0.25) is 4.79 Å². The van der Waals surface area contributed by atoms with E-state index >= 15 is 0 Å². The molecule has 1 atom stereocenters. The normalized spacial score (nSPS) is 18.5. The van der Waals surface area contributed by atoms with Crippen molar-refractivity contribution in [3.8, 4) is 0 Å². The summed E-state index contributed by atoms with van der Waals surface area (Å²) < 4.78 is 0. The maximum atomic E-state index is 11.9. The van der Waals surface area contributed by atoms with Gasteiger partial charge in [-0.15, -0.1) is 0 Å². The number of hydrogen-bond acceptors (Lipinski definition) is 2. The van der Waals surface area contributed by atoms with Gasteiger partial charge in [0, 0.05) is 6.04 Å². The van der Waals surface area contributed by atoms with Crippen LogP contribution in [0.25, 0.3) is 0 Å². The Bertz CT molecular complexity index is 384. The summed E-state index contributed by atoms with van der Waals surface area (Å²) in [7, 11) is 0. The molecule has 0 radical (unpaired) electrons. The van der Waals surface area contributed by atoms with Crippen LogP contribution < -0.4 is 11.1 Å². The van der Waals surface area contributed by atoms with Crippen LogP contribution in [0, 0.1) is 0 Å². The molecule has 3 nitrogen and oxygen atoms in total. The average molecular weight is 232 g/mol. The highest BCUT2D eigenvalue weighted by atomic mass is 16.2. The molecule has 3 heteroatoms. The van der Waals surface area contributed by atoms with E-state index in [1.165, 1.54) is 5.56 Å². The van der Waals surface area contributed by atoms with Crippen molar-refractivity contribution in [1.29, 1.82) is 0 Å². The monoisotopic (exact) mass is 232 g/mol. The lowest BCUT2D eigenvalue weighted by molar-refractivity contribution is -0.124. The zero-order valence-corrected chi connectivity index (χ0v) is 10.3. The Balaban J connectivity index is 1.91. The molecule has 17 heavy (non-hydrogen) atoms. The van der Waals surface area contributed by atoms with Gasteiger partial charge in [-0.25, -0.2) is 0 Å². The highest BCUT2D eigenvalue weighted by Gasteiger charge is 2.46. The van der Waals surface area contributed by atoms with Gasteiger partial charge in [0.2, 0.25) is 5.91 Å². The van der Waals surface area contributed by atoms with Gasteiger partial charge < -0.3 is 11.1 Å². The van der Waals surface area contributed by atoms with Crippen molar-refractivity contribution in [2.75, 3.05) is 0 Å². The molecule has 0 spiro atoms. The minimum atomic E-state index is -0.565. The third-order valence-electron chi connectivity index (χ3n) is 3.39. The van der Waals surface area contributed by atoms with Gasteiger partial charge in [-0.2, -0.15) is 0 Å². The Kier molecular flexibility index (Phi) is 3.48. The van der Waals surface area contributed by atoms with Gasteiger partial charge in [0.15, 0.2) is 0 Å². The van der Waals surface area contributed by atoms with Crippen molar-refractivity contribution < 1.29 is 4.79 Å². The Labute approximate surface area is 102 Å². The molecule has 1 unspecified atom stereocenters. The number of hydrogen-bond donors (Lipinski definition) is 2. The number of benzene rings is 1.